The van der Waals surface area contributed by atoms with Crippen molar-refractivity contribution >= 4 is 5.78 Å². The molecule has 1 heterocycles. The lowest BCUT2D eigenvalue weighted by molar-refractivity contribution is 0.0988. The molecule has 4 heteroatoms. The molecular weight excluding hydrogens is 228 g/mol. The van der Waals surface area contributed by atoms with E-state index in [0.29, 0.717) is 13.0 Å². The third-order valence-corrected chi connectivity index (χ3v) is 2.79. The Morgan fingerprint density at radius 1 is 1.33 bits per heavy atom. The fraction of sp³-hybridized carbons (Fsp3) is 0.286. The molecule has 0 atom stereocenters. The smallest absolute Gasteiger partial charge is 0.162 e. The van der Waals surface area contributed by atoms with Gasteiger partial charge < -0.3 is 9.30 Å². The van der Waals surface area contributed by atoms with Crippen molar-refractivity contribution in [1.82, 2.24) is 9.55 Å². The number of Topliss-reactive ketones (excluding diaryl/α,β-unsaturated/α-hetero) is 1. The van der Waals surface area contributed by atoms with Gasteiger partial charge in [0.25, 0.3) is 0 Å². The maximum Gasteiger partial charge on any atom is 0.162 e. The number of ether oxygens (including phenoxy) is 1. The van der Waals surface area contributed by atoms with E-state index < -0.39 is 0 Å². The predicted octanol–water partition coefficient (Wildman–Crippen LogP) is 2.59. The fourth-order valence-corrected chi connectivity index (χ4v) is 1.62. The molecule has 18 heavy (non-hydrogen) atoms. The number of aromatic nitrogens is 2. The monoisotopic (exact) mass is 244 g/mol. The molecule has 0 aliphatic carbocycles. The first-order chi connectivity index (χ1) is 8.70. The number of imidazole rings is 1. The van der Waals surface area contributed by atoms with Crippen molar-refractivity contribution in [2.75, 3.05) is 0 Å². The van der Waals surface area contributed by atoms with Crippen molar-refractivity contribution in [1.29, 1.82) is 0 Å². The summed E-state index contributed by atoms with van der Waals surface area (Å²) in [6.07, 6.45) is 4.14. The molecule has 0 N–H and O–H groups in total. The van der Waals surface area contributed by atoms with Crippen molar-refractivity contribution in [3.05, 3.63) is 48.0 Å². The quantitative estimate of drug-likeness (QED) is 0.759. The van der Waals surface area contributed by atoms with Gasteiger partial charge in [-0.15, -0.1) is 0 Å². The normalized spacial score (nSPS) is 10.3. The third kappa shape index (κ3) is 2.77. The summed E-state index contributed by atoms with van der Waals surface area (Å²) in [5, 5.41) is 0. The van der Waals surface area contributed by atoms with Gasteiger partial charge in [-0.05, 0) is 24.3 Å². The van der Waals surface area contributed by atoms with Crippen LogP contribution in [-0.2, 0) is 13.7 Å². The van der Waals surface area contributed by atoms with Crippen LogP contribution in [0.3, 0.4) is 0 Å². The Labute approximate surface area is 106 Å². The lowest BCUT2D eigenvalue weighted by atomic mass is 10.1. The minimum atomic E-state index is 0.144. The first-order valence-corrected chi connectivity index (χ1v) is 5.93. The summed E-state index contributed by atoms with van der Waals surface area (Å²) in [5.74, 6) is 1.75. The highest BCUT2D eigenvalue weighted by atomic mass is 16.5. The van der Waals surface area contributed by atoms with Gasteiger partial charge in [0, 0.05) is 31.4 Å². The molecule has 0 spiro atoms. The van der Waals surface area contributed by atoms with Crippen LogP contribution < -0.4 is 4.74 Å². The molecule has 0 saturated carbocycles. The molecule has 0 aliphatic rings. The first-order valence-electron chi connectivity index (χ1n) is 5.93. The Kier molecular flexibility index (Phi) is 3.77. The van der Waals surface area contributed by atoms with Crippen molar-refractivity contribution < 1.29 is 9.53 Å². The molecular formula is C14H16N2O2. The van der Waals surface area contributed by atoms with E-state index in [-0.39, 0.29) is 5.78 Å². The van der Waals surface area contributed by atoms with Gasteiger partial charge in [-0.25, -0.2) is 4.98 Å². The van der Waals surface area contributed by atoms with Gasteiger partial charge in [-0.2, -0.15) is 0 Å². The van der Waals surface area contributed by atoms with Crippen LogP contribution in [0.15, 0.2) is 36.7 Å². The van der Waals surface area contributed by atoms with Gasteiger partial charge in [0.1, 0.15) is 18.2 Å². The van der Waals surface area contributed by atoms with E-state index in [1.165, 1.54) is 0 Å². The number of carbonyl (C=O) groups is 1. The van der Waals surface area contributed by atoms with Gasteiger partial charge in [0.15, 0.2) is 5.78 Å². The second-order valence-electron chi connectivity index (χ2n) is 4.04. The van der Waals surface area contributed by atoms with Crippen molar-refractivity contribution in [2.45, 2.75) is 20.0 Å². The van der Waals surface area contributed by atoms with Crippen LogP contribution >= 0.6 is 0 Å². The number of rotatable bonds is 5. The molecule has 1 aromatic carbocycles. The summed E-state index contributed by atoms with van der Waals surface area (Å²) in [6.45, 7) is 2.28. The highest BCUT2D eigenvalue weighted by Gasteiger charge is 2.04. The Morgan fingerprint density at radius 2 is 2.06 bits per heavy atom. The van der Waals surface area contributed by atoms with Crippen LogP contribution in [0.25, 0.3) is 0 Å². The highest BCUT2D eigenvalue weighted by Crippen LogP contribution is 2.14. The first kappa shape index (κ1) is 12.4. The Bertz CT molecular complexity index is 529. The fourth-order valence-electron chi connectivity index (χ4n) is 1.62. The van der Waals surface area contributed by atoms with Crippen molar-refractivity contribution in [3.63, 3.8) is 0 Å². The predicted molar refractivity (Wildman–Crippen MR) is 68.6 cm³/mol. The molecule has 1 aromatic heterocycles. The number of nitrogens with zero attached hydrogens (tertiary/aromatic N) is 2. The van der Waals surface area contributed by atoms with Crippen LogP contribution in [0.1, 0.15) is 29.5 Å². The zero-order valence-electron chi connectivity index (χ0n) is 10.6. The van der Waals surface area contributed by atoms with E-state index in [1.807, 2.05) is 36.9 Å². The SMILES string of the molecule is CCC(=O)c1ccc(OCc2nccn2C)cc1. The maximum atomic E-state index is 11.5. The summed E-state index contributed by atoms with van der Waals surface area (Å²) in [7, 11) is 1.93. The second-order valence-corrected chi connectivity index (χ2v) is 4.04. The van der Waals surface area contributed by atoms with Gasteiger partial charge in [0.05, 0.1) is 0 Å². The molecule has 0 bridgehead atoms. The molecule has 0 radical (unpaired) electrons. The molecule has 2 aromatic rings. The van der Waals surface area contributed by atoms with Gasteiger partial charge >= 0.3 is 0 Å². The van der Waals surface area contributed by atoms with Crippen molar-refractivity contribution in [3.8, 4) is 5.75 Å². The summed E-state index contributed by atoms with van der Waals surface area (Å²) >= 11 is 0. The topological polar surface area (TPSA) is 44.1 Å². The number of hydrogen-bond donors (Lipinski definition) is 0. The minimum Gasteiger partial charge on any atom is -0.486 e. The molecule has 0 unspecified atom stereocenters. The van der Waals surface area contributed by atoms with Gasteiger partial charge in [0.2, 0.25) is 0 Å². The van der Waals surface area contributed by atoms with Crippen LogP contribution in [0.4, 0.5) is 0 Å². The Hall–Kier alpha value is -2.10. The summed E-state index contributed by atoms with van der Waals surface area (Å²) < 4.78 is 7.52. The Balaban J connectivity index is 1.98. The van der Waals surface area contributed by atoms with Crippen molar-refractivity contribution in [2.24, 2.45) is 7.05 Å². The maximum absolute atomic E-state index is 11.5. The van der Waals surface area contributed by atoms with E-state index in [4.69, 9.17) is 4.74 Å². The highest BCUT2D eigenvalue weighted by molar-refractivity contribution is 5.95. The van der Waals surface area contributed by atoms with Crippen LogP contribution in [0.2, 0.25) is 0 Å². The number of benzene rings is 1. The molecule has 0 saturated heterocycles. The van der Waals surface area contributed by atoms with Crippen LogP contribution in [0, 0.1) is 0 Å². The number of hydrogen-bond acceptors (Lipinski definition) is 3. The van der Waals surface area contributed by atoms with E-state index in [1.54, 1.807) is 18.3 Å². The zero-order chi connectivity index (χ0) is 13.0. The average Bonchev–Trinajstić information content (AvgIpc) is 2.81. The van der Waals surface area contributed by atoms with Gasteiger partial charge in [-0.3, -0.25) is 4.79 Å². The van der Waals surface area contributed by atoms with Crippen LogP contribution in [0.5, 0.6) is 5.75 Å². The largest absolute Gasteiger partial charge is 0.486 e. The van der Waals surface area contributed by atoms with Crippen LogP contribution in [-0.4, -0.2) is 15.3 Å². The number of ketones is 1. The summed E-state index contributed by atoms with van der Waals surface area (Å²) in [6, 6.07) is 7.21. The second kappa shape index (κ2) is 5.49. The third-order valence-electron chi connectivity index (χ3n) is 2.79. The van der Waals surface area contributed by atoms with E-state index >= 15 is 0 Å². The minimum absolute atomic E-state index is 0.144. The number of aryl methyl sites for hydroxylation is 1. The Morgan fingerprint density at radius 3 is 2.61 bits per heavy atom. The molecule has 4 nitrogen and oxygen atoms in total. The van der Waals surface area contributed by atoms with E-state index in [0.717, 1.165) is 17.1 Å². The van der Waals surface area contributed by atoms with Gasteiger partial charge in [-0.1, -0.05) is 6.92 Å². The molecule has 0 aliphatic heterocycles. The molecule has 0 amide bonds. The molecule has 94 valence electrons. The lowest BCUT2D eigenvalue weighted by Gasteiger charge is -2.06. The van der Waals surface area contributed by atoms with E-state index in [2.05, 4.69) is 4.98 Å². The lowest BCUT2D eigenvalue weighted by Crippen LogP contribution is -2.03. The zero-order valence-corrected chi connectivity index (χ0v) is 10.6. The standard InChI is InChI=1S/C14H16N2O2/c1-3-13(17)11-4-6-12(7-5-11)18-10-14-15-8-9-16(14)2/h4-9H,3,10H2,1-2H3. The molecule has 0 fully saturated rings. The summed E-state index contributed by atoms with van der Waals surface area (Å²) in [5.41, 5.74) is 0.724. The van der Waals surface area contributed by atoms with E-state index in [9.17, 15) is 4.79 Å². The average molecular weight is 244 g/mol. The number of carbonyl (C=O) groups excluding carboxylic acids is 1. The molecule has 2 rings (SSSR count). The summed E-state index contributed by atoms with van der Waals surface area (Å²) in [4.78, 5) is 15.6.